The van der Waals surface area contributed by atoms with Gasteiger partial charge in [0, 0.05) is 11.5 Å². The molecular formula is C28H35NO3. The molecule has 1 saturated carbocycles. The van der Waals surface area contributed by atoms with Crippen molar-refractivity contribution in [2.24, 2.45) is 11.8 Å². The Morgan fingerprint density at radius 1 is 0.875 bits per heavy atom. The monoisotopic (exact) mass is 433 g/mol. The molecule has 1 aliphatic carbocycles. The summed E-state index contributed by atoms with van der Waals surface area (Å²) in [7, 11) is 0. The van der Waals surface area contributed by atoms with E-state index in [1.807, 2.05) is 36.4 Å². The van der Waals surface area contributed by atoms with E-state index in [1.165, 1.54) is 43.4 Å². The first-order valence-corrected chi connectivity index (χ1v) is 12.0. The molecule has 1 heterocycles. The molecule has 170 valence electrons. The SMILES string of the molecule is CC[C@@H]1CCCCCCC1C(C)=O.O=C1CC(c2ccccc2)N1C(=O)c1ccccc1. The van der Waals surface area contributed by atoms with Gasteiger partial charge < -0.3 is 0 Å². The number of hydrogen-bond acceptors (Lipinski definition) is 3. The normalized spacial score (nSPS) is 23.1. The summed E-state index contributed by atoms with van der Waals surface area (Å²) in [6.45, 7) is 4.00. The number of rotatable bonds is 4. The number of ketones is 1. The highest BCUT2D eigenvalue weighted by Crippen LogP contribution is 2.35. The third kappa shape index (κ3) is 5.93. The Bertz CT molecular complexity index is 893. The first-order chi connectivity index (χ1) is 15.5. The molecule has 32 heavy (non-hydrogen) atoms. The first-order valence-electron chi connectivity index (χ1n) is 12.0. The van der Waals surface area contributed by atoms with Gasteiger partial charge in [0.05, 0.1) is 12.5 Å². The van der Waals surface area contributed by atoms with Crippen LogP contribution >= 0.6 is 0 Å². The highest BCUT2D eigenvalue weighted by molar-refractivity contribution is 6.08. The number of β-lactam (4-membered cyclic amide) rings is 1. The molecule has 2 aromatic carbocycles. The van der Waals surface area contributed by atoms with Gasteiger partial charge in [0.25, 0.3) is 5.91 Å². The zero-order valence-electron chi connectivity index (χ0n) is 19.3. The summed E-state index contributed by atoms with van der Waals surface area (Å²) >= 11 is 0. The van der Waals surface area contributed by atoms with Crippen molar-refractivity contribution in [2.45, 2.75) is 71.3 Å². The number of hydrogen-bond donors (Lipinski definition) is 0. The molecule has 2 fully saturated rings. The van der Waals surface area contributed by atoms with Crippen molar-refractivity contribution >= 4 is 17.6 Å². The lowest BCUT2D eigenvalue weighted by molar-refractivity contribution is -0.141. The van der Waals surface area contributed by atoms with Gasteiger partial charge in [-0.1, -0.05) is 87.6 Å². The Balaban J connectivity index is 0.000000195. The number of imide groups is 1. The number of nitrogens with zero attached hydrogens (tertiary/aromatic N) is 1. The number of amides is 2. The van der Waals surface area contributed by atoms with Crippen LogP contribution in [0.1, 0.15) is 87.2 Å². The molecule has 0 N–H and O–H groups in total. The zero-order valence-corrected chi connectivity index (χ0v) is 19.3. The van der Waals surface area contributed by atoms with E-state index in [0.29, 0.717) is 29.6 Å². The van der Waals surface area contributed by atoms with E-state index in [-0.39, 0.29) is 17.9 Å². The van der Waals surface area contributed by atoms with Crippen LogP contribution in [0.3, 0.4) is 0 Å². The van der Waals surface area contributed by atoms with Crippen molar-refractivity contribution in [2.75, 3.05) is 0 Å². The van der Waals surface area contributed by atoms with Crippen LogP contribution in [-0.2, 0) is 9.59 Å². The topological polar surface area (TPSA) is 54.5 Å². The second-order valence-electron chi connectivity index (χ2n) is 8.94. The van der Waals surface area contributed by atoms with Crippen LogP contribution in [0.5, 0.6) is 0 Å². The molecule has 4 nitrogen and oxygen atoms in total. The predicted octanol–water partition coefficient (Wildman–Crippen LogP) is 6.37. The maximum Gasteiger partial charge on any atom is 0.261 e. The summed E-state index contributed by atoms with van der Waals surface area (Å²) in [5, 5.41) is 0. The van der Waals surface area contributed by atoms with Gasteiger partial charge in [0.15, 0.2) is 0 Å². The molecule has 0 spiro atoms. The van der Waals surface area contributed by atoms with Crippen LogP contribution < -0.4 is 0 Å². The standard InChI is InChI=1S/C16H13NO2.C12H22O/c18-15-11-14(12-7-3-1-4-8-12)17(15)16(19)13-9-5-2-6-10-13;1-3-11-8-6-4-5-7-9-12(11)10(2)13/h1-10,14H,11H2;11-12H,3-9H2,1-2H3/t;11-,12?/m.1/s1. The van der Waals surface area contributed by atoms with Crippen molar-refractivity contribution in [1.82, 2.24) is 4.90 Å². The van der Waals surface area contributed by atoms with Gasteiger partial charge in [-0.25, -0.2) is 0 Å². The summed E-state index contributed by atoms with van der Waals surface area (Å²) in [6.07, 6.45) is 9.33. The summed E-state index contributed by atoms with van der Waals surface area (Å²) in [5.41, 5.74) is 1.56. The number of benzene rings is 2. The van der Waals surface area contributed by atoms with Crippen molar-refractivity contribution < 1.29 is 14.4 Å². The second-order valence-corrected chi connectivity index (χ2v) is 8.94. The van der Waals surface area contributed by atoms with Crippen molar-refractivity contribution in [3.8, 4) is 0 Å². The third-order valence-electron chi connectivity index (χ3n) is 6.83. The molecule has 2 amide bonds. The van der Waals surface area contributed by atoms with E-state index in [0.717, 1.165) is 12.0 Å². The van der Waals surface area contributed by atoms with Crippen LogP contribution in [0.15, 0.2) is 60.7 Å². The first kappa shape index (κ1) is 23.9. The molecule has 0 radical (unpaired) electrons. The molecule has 1 saturated heterocycles. The lowest BCUT2D eigenvalue weighted by Crippen LogP contribution is -2.49. The fourth-order valence-corrected chi connectivity index (χ4v) is 4.92. The maximum atomic E-state index is 12.3. The highest BCUT2D eigenvalue weighted by Gasteiger charge is 2.41. The van der Waals surface area contributed by atoms with Gasteiger partial charge in [0.2, 0.25) is 5.91 Å². The quantitative estimate of drug-likeness (QED) is 0.416. The van der Waals surface area contributed by atoms with E-state index < -0.39 is 0 Å². The minimum atomic E-state index is -0.217. The van der Waals surface area contributed by atoms with E-state index >= 15 is 0 Å². The Kier molecular flexibility index (Phi) is 8.78. The zero-order chi connectivity index (χ0) is 22.9. The Labute approximate surface area is 192 Å². The molecule has 2 aliphatic rings. The van der Waals surface area contributed by atoms with Crippen LogP contribution in [0.4, 0.5) is 0 Å². The van der Waals surface area contributed by atoms with Crippen LogP contribution in [0, 0.1) is 11.8 Å². The van der Waals surface area contributed by atoms with Crippen molar-refractivity contribution in [1.29, 1.82) is 0 Å². The number of Topliss-reactive ketones (excluding diaryl/α,β-unsaturated/α-hetero) is 1. The average molecular weight is 434 g/mol. The molecule has 1 aliphatic heterocycles. The van der Waals surface area contributed by atoms with E-state index in [9.17, 15) is 14.4 Å². The largest absolute Gasteiger partial charge is 0.300 e. The molecule has 4 rings (SSSR count). The molecule has 0 bridgehead atoms. The molecular weight excluding hydrogens is 398 g/mol. The summed E-state index contributed by atoms with van der Waals surface area (Å²) in [6, 6.07) is 18.4. The summed E-state index contributed by atoms with van der Waals surface area (Å²) < 4.78 is 0. The molecule has 2 unspecified atom stereocenters. The van der Waals surface area contributed by atoms with Crippen LogP contribution in [0.2, 0.25) is 0 Å². The summed E-state index contributed by atoms with van der Waals surface area (Å²) in [4.78, 5) is 36.8. The molecule has 2 aromatic rings. The molecule has 4 heteroatoms. The minimum Gasteiger partial charge on any atom is -0.300 e. The fraction of sp³-hybridized carbons (Fsp3) is 0.464. The van der Waals surface area contributed by atoms with Gasteiger partial charge in [-0.3, -0.25) is 19.3 Å². The Morgan fingerprint density at radius 2 is 1.47 bits per heavy atom. The van der Waals surface area contributed by atoms with Crippen molar-refractivity contribution in [3.05, 3.63) is 71.8 Å². The van der Waals surface area contributed by atoms with Gasteiger partial charge in [-0.15, -0.1) is 0 Å². The molecule has 3 atom stereocenters. The lowest BCUT2D eigenvalue weighted by Gasteiger charge is -2.39. The summed E-state index contributed by atoms with van der Waals surface area (Å²) in [5.74, 6) is 1.16. The Hall–Kier alpha value is -2.75. The fourth-order valence-electron chi connectivity index (χ4n) is 4.92. The van der Waals surface area contributed by atoms with E-state index in [1.54, 1.807) is 31.2 Å². The van der Waals surface area contributed by atoms with Gasteiger partial charge >= 0.3 is 0 Å². The smallest absolute Gasteiger partial charge is 0.261 e. The number of likely N-dealkylation sites (tertiary alicyclic amines) is 1. The van der Waals surface area contributed by atoms with Gasteiger partial charge in [-0.05, 0) is 43.4 Å². The van der Waals surface area contributed by atoms with Crippen LogP contribution in [-0.4, -0.2) is 22.5 Å². The van der Waals surface area contributed by atoms with Crippen molar-refractivity contribution in [3.63, 3.8) is 0 Å². The lowest BCUT2D eigenvalue weighted by atomic mass is 9.78. The molecule has 0 aromatic heterocycles. The van der Waals surface area contributed by atoms with E-state index in [4.69, 9.17) is 0 Å². The van der Waals surface area contributed by atoms with Crippen LogP contribution in [0.25, 0.3) is 0 Å². The number of carbonyl (C=O) groups is 3. The minimum absolute atomic E-state index is 0.109. The predicted molar refractivity (Wildman–Crippen MR) is 127 cm³/mol. The van der Waals surface area contributed by atoms with E-state index in [2.05, 4.69) is 6.92 Å². The van der Waals surface area contributed by atoms with Gasteiger partial charge in [-0.2, -0.15) is 0 Å². The van der Waals surface area contributed by atoms with Gasteiger partial charge in [0.1, 0.15) is 5.78 Å². The highest BCUT2D eigenvalue weighted by atomic mass is 16.2. The third-order valence-corrected chi connectivity index (χ3v) is 6.83. The maximum absolute atomic E-state index is 12.3. The Morgan fingerprint density at radius 3 is 2.03 bits per heavy atom. The average Bonchev–Trinajstić information content (AvgIpc) is 2.78. The second kappa shape index (κ2) is 11.8. The number of carbonyl (C=O) groups excluding carboxylic acids is 3.